The molecule has 1 aliphatic carbocycles. The van der Waals surface area contributed by atoms with Crippen LogP contribution in [-0.4, -0.2) is 69.0 Å². The van der Waals surface area contributed by atoms with E-state index in [1.54, 1.807) is 31.3 Å². The summed E-state index contributed by atoms with van der Waals surface area (Å²) in [6.45, 7) is 12.5. The van der Waals surface area contributed by atoms with E-state index in [0.29, 0.717) is 49.8 Å². The molecule has 0 N–H and O–H groups in total. The Bertz CT molecular complexity index is 1020. The zero-order chi connectivity index (χ0) is 29.8. The largest absolute Gasteiger partial charge is 0.493 e. The second-order valence-electron chi connectivity index (χ2n) is 11.2. The van der Waals surface area contributed by atoms with E-state index in [1.807, 2.05) is 26.0 Å². The maximum absolute atomic E-state index is 14.5. The highest BCUT2D eigenvalue weighted by atomic mass is 16.6. The van der Waals surface area contributed by atoms with Gasteiger partial charge in [-0.05, 0) is 69.6 Å². The van der Waals surface area contributed by atoms with Crippen molar-refractivity contribution in [1.29, 1.82) is 0 Å². The van der Waals surface area contributed by atoms with Crippen molar-refractivity contribution in [3.05, 3.63) is 43.0 Å². The molecular weight excluding hydrogens is 522 g/mol. The standard InChI is InChI=1S/C33H49NO7/c1-7-14-23(3)41-33(36)27-17-12-13-18-34(27)32(35)30(25-15-10-9-11-16-25)26-20-28(37-5)31(38-6)29(21-26)40-22-24(4)39-19-8-2/h7-8,20-21,23-25,27,30H,1-2,9-19,22H2,3-6H3/t23-,24+,27+,30+/m1/s1. The van der Waals surface area contributed by atoms with Gasteiger partial charge in [-0.15, -0.1) is 13.2 Å². The molecule has 1 aromatic rings. The maximum atomic E-state index is 14.5. The predicted molar refractivity (Wildman–Crippen MR) is 160 cm³/mol. The number of benzene rings is 1. The molecule has 1 heterocycles. The van der Waals surface area contributed by atoms with Crippen molar-refractivity contribution in [2.45, 2.75) is 95.8 Å². The van der Waals surface area contributed by atoms with Crippen LogP contribution in [0.5, 0.6) is 17.2 Å². The number of likely N-dealkylation sites (tertiary alicyclic amines) is 1. The first-order valence-electron chi connectivity index (χ1n) is 15.1. The number of esters is 1. The lowest BCUT2D eigenvalue weighted by atomic mass is 9.75. The van der Waals surface area contributed by atoms with Gasteiger partial charge in [-0.1, -0.05) is 31.4 Å². The molecule has 1 saturated carbocycles. The molecule has 41 heavy (non-hydrogen) atoms. The number of ether oxygens (including phenoxy) is 5. The van der Waals surface area contributed by atoms with Crippen molar-refractivity contribution < 1.29 is 33.3 Å². The molecule has 0 spiro atoms. The first-order valence-corrected chi connectivity index (χ1v) is 15.1. The van der Waals surface area contributed by atoms with E-state index in [0.717, 1.165) is 44.1 Å². The molecule has 8 heteroatoms. The van der Waals surface area contributed by atoms with Gasteiger partial charge in [0.15, 0.2) is 11.5 Å². The van der Waals surface area contributed by atoms with E-state index < -0.39 is 12.0 Å². The number of carbonyl (C=O) groups is 2. The number of methoxy groups -OCH3 is 2. The lowest BCUT2D eigenvalue weighted by Crippen LogP contribution is -2.51. The van der Waals surface area contributed by atoms with E-state index in [9.17, 15) is 9.59 Å². The number of hydrogen-bond acceptors (Lipinski definition) is 7. The summed E-state index contributed by atoms with van der Waals surface area (Å²) in [6, 6.07) is 3.21. The molecule has 1 amide bonds. The second-order valence-corrected chi connectivity index (χ2v) is 11.2. The minimum atomic E-state index is -0.590. The van der Waals surface area contributed by atoms with Crippen LogP contribution >= 0.6 is 0 Å². The monoisotopic (exact) mass is 571 g/mol. The van der Waals surface area contributed by atoms with Crippen LogP contribution in [0, 0.1) is 5.92 Å². The van der Waals surface area contributed by atoms with Crippen molar-refractivity contribution in [3.8, 4) is 17.2 Å². The number of amides is 1. The predicted octanol–water partition coefficient (Wildman–Crippen LogP) is 6.23. The molecule has 0 radical (unpaired) electrons. The van der Waals surface area contributed by atoms with E-state index in [-0.39, 0.29) is 30.0 Å². The zero-order valence-corrected chi connectivity index (χ0v) is 25.4. The average Bonchev–Trinajstić information content (AvgIpc) is 2.99. The van der Waals surface area contributed by atoms with Crippen molar-refractivity contribution in [2.24, 2.45) is 5.92 Å². The minimum absolute atomic E-state index is 0.0317. The molecule has 8 nitrogen and oxygen atoms in total. The molecule has 0 bridgehead atoms. The van der Waals surface area contributed by atoms with E-state index in [2.05, 4.69) is 13.2 Å². The lowest BCUT2D eigenvalue weighted by Gasteiger charge is -2.39. The highest BCUT2D eigenvalue weighted by Gasteiger charge is 2.41. The highest BCUT2D eigenvalue weighted by Crippen LogP contribution is 2.45. The number of hydrogen-bond donors (Lipinski definition) is 0. The summed E-state index contributed by atoms with van der Waals surface area (Å²) >= 11 is 0. The first-order chi connectivity index (χ1) is 19.8. The van der Waals surface area contributed by atoms with Crippen LogP contribution in [0.3, 0.4) is 0 Å². The quantitative estimate of drug-likeness (QED) is 0.182. The van der Waals surface area contributed by atoms with Crippen LogP contribution in [0.1, 0.15) is 83.1 Å². The summed E-state index contributed by atoms with van der Waals surface area (Å²) in [4.78, 5) is 29.6. The molecule has 1 aromatic carbocycles. The summed E-state index contributed by atoms with van der Waals surface area (Å²) < 4.78 is 29.0. The smallest absolute Gasteiger partial charge is 0.329 e. The van der Waals surface area contributed by atoms with Crippen LogP contribution in [0.4, 0.5) is 0 Å². The summed E-state index contributed by atoms with van der Waals surface area (Å²) in [5.74, 6) is 0.813. The van der Waals surface area contributed by atoms with Crippen LogP contribution in [0.25, 0.3) is 0 Å². The summed E-state index contributed by atoms with van der Waals surface area (Å²) in [5.41, 5.74) is 0.812. The van der Waals surface area contributed by atoms with Crippen molar-refractivity contribution >= 4 is 11.9 Å². The molecule has 1 aliphatic heterocycles. The van der Waals surface area contributed by atoms with Gasteiger partial charge in [-0.2, -0.15) is 0 Å². The normalized spacial score (nSPS) is 19.9. The van der Waals surface area contributed by atoms with Crippen molar-refractivity contribution in [3.63, 3.8) is 0 Å². The lowest BCUT2D eigenvalue weighted by molar-refractivity contribution is -0.161. The third kappa shape index (κ3) is 8.74. The highest BCUT2D eigenvalue weighted by molar-refractivity contribution is 5.89. The molecule has 2 aliphatic rings. The van der Waals surface area contributed by atoms with Gasteiger partial charge in [0, 0.05) is 13.0 Å². The molecule has 1 saturated heterocycles. The Kier molecular flexibility index (Phi) is 13.0. The van der Waals surface area contributed by atoms with Gasteiger partial charge in [-0.25, -0.2) is 4.79 Å². The molecule has 2 fully saturated rings. The van der Waals surface area contributed by atoms with Gasteiger partial charge in [-0.3, -0.25) is 4.79 Å². The van der Waals surface area contributed by atoms with Gasteiger partial charge in [0.25, 0.3) is 0 Å². The molecule has 3 rings (SSSR count). The Labute approximate surface area is 246 Å². The van der Waals surface area contributed by atoms with E-state index >= 15 is 0 Å². The second kappa shape index (κ2) is 16.4. The minimum Gasteiger partial charge on any atom is -0.493 e. The fraction of sp³-hybridized carbons (Fsp3) is 0.636. The molecule has 0 unspecified atom stereocenters. The molecule has 0 aromatic heterocycles. The molecule has 228 valence electrons. The van der Waals surface area contributed by atoms with Gasteiger partial charge < -0.3 is 28.6 Å². The Balaban J connectivity index is 1.98. The summed E-state index contributed by atoms with van der Waals surface area (Å²) in [7, 11) is 3.16. The van der Waals surface area contributed by atoms with Crippen LogP contribution < -0.4 is 14.2 Å². The van der Waals surface area contributed by atoms with Crippen LogP contribution in [0.15, 0.2) is 37.4 Å². The van der Waals surface area contributed by atoms with Crippen LogP contribution in [0.2, 0.25) is 0 Å². The van der Waals surface area contributed by atoms with Crippen molar-refractivity contribution in [1.82, 2.24) is 4.90 Å². The maximum Gasteiger partial charge on any atom is 0.329 e. The molecule has 4 atom stereocenters. The van der Waals surface area contributed by atoms with Crippen LogP contribution in [-0.2, 0) is 19.1 Å². The molecular formula is C33H49NO7. The van der Waals surface area contributed by atoms with E-state index in [4.69, 9.17) is 23.7 Å². The summed E-state index contributed by atoms with van der Waals surface area (Å²) in [6.07, 6.45) is 11.1. The Hall–Kier alpha value is -3.00. The fourth-order valence-corrected chi connectivity index (χ4v) is 5.99. The SMILES string of the molecule is C=CCO[C@@H](C)COc1cc([C@@H](C(=O)N2CCCC[C@H]2C(=O)O[C@H](C)CC=C)C2CCCCC2)cc(OC)c1OC. The van der Waals surface area contributed by atoms with Gasteiger partial charge in [0.2, 0.25) is 11.7 Å². The Morgan fingerprint density at radius 3 is 2.32 bits per heavy atom. The topological polar surface area (TPSA) is 83.5 Å². The van der Waals surface area contributed by atoms with Gasteiger partial charge in [0.05, 0.1) is 32.8 Å². The summed E-state index contributed by atoms with van der Waals surface area (Å²) in [5, 5.41) is 0. The number of carbonyl (C=O) groups excluding carboxylic acids is 2. The zero-order valence-electron chi connectivity index (χ0n) is 25.4. The fourth-order valence-electron chi connectivity index (χ4n) is 5.99. The average molecular weight is 572 g/mol. The number of piperidine rings is 1. The Morgan fingerprint density at radius 1 is 0.951 bits per heavy atom. The number of rotatable bonds is 15. The third-order valence-corrected chi connectivity index (χ3v) is 8.06. The van der Waals surface area contributed by atoms with Gasteiger partial charge in [0.1, 0.15) is 18.8 Å². The van der Waals surface area contributed by atoms with E-state index in [1.165, 1.54) is 6.42 Å². The first kappa shape index (κ1) is 32.5. The third-order valence-electron chi connectivity index (χ3n) is 8.06. The number of nitrogens with zero attached hydrogens (tertiary/aromatic N) is 1. The Morgan fingerprint density at radius 2 is 1.66 bits per heavy atom. The van der Waals surface area contributed by atoms with Gasteiger partial charge >= 0.3 is 5.97 Å². The van der Waals surface area contributed by atoms with Crippen molar-refractivity contribution in [2.75, 3.05) is 34.0 Å².